The van der Waals surface area contributed by atoms with Crippen molar-refractivity contribution in [3.05, 3.63) is 71.1 Å². The van der Waals surface area contributed by atoms with Gasteiger partial charge in [-0.1, -0.05) is 19.1 Å². The van der Waals surface area contributed by atoms with E-state index in [0.29, 0.717) is 12.1 Å². The molecular formula is C19H22F2N2O2. The largest absolute Gasteiger partial charge is 0.478 e. The topological polar surface area (TPSA) is 61.7 Å². The monoisotopic (exact) mass is 348 g/mol. The molecule has 0 saturated carbocycles. The van der Waals surface area contributed by atoms with E-state index >= 15 is 0 Å². The number of nitrogens with zero attached hydrogens (tertiary/aromatic N) is 1. The number of hydrogen-bond donors (Lipinski definition) is 2. The average Bonchev–Trinajstić information content (AvgIpc) is 2.58. The van der Waals surface area contributed by atoms with Crippen molar-refractivity contribution in [3.8, 4) is 0 Å². The van der Waals surface area contributed by atoms with E-state index < -0.39 is 17.6 Å². The zero-order chi connectivity index (χ0) is 18.8. The fourth-order valence-electron chi connectivity index (χ4n) is 1.89. The van der Waals surface area contributed by atoms with Crippen LogP contribution in [0.15, 0.2) is 58.9 Å². The number of benzene rings is 1. The van der Waals surface area contributed by atoms with Gasteiger partial charge in [-0.15, -0.1) is 0 Å². The van der Waals surface area contributed by atoms with Gasteiger partial charge >= 0.3 is 5.97 Å². The summed E-state index contributed by atoms with van der Waals surface area (Å²) in [5, 5.41) is 12.1. The van der Waals surface area contributed by atoms with Gasteiger partial charge in [-0.3, -0.25) is 4.99 Å². The van der Waals surface area contributed by atoms with Crippen LogP contribution in [0.2, 0.25) is 0 Å². The van der Waals surface area contributed by atoms with Gasteiger partial charge in [0, 0.05) is 35.8 Å². The van der Waals surface area contributed by atoms with E-state index in [4.69, 9.17) is 0 Å². The summed E-state index contributed by atoms with van der Waals surface area (Å²) in [5.74, 6) is -2.44. The zero-order valence-corrected chi connectivity index (χ0v) is 14.5. The molecule has 0 aliphatic heterocycles. The molecule has 0 unspecified atom stereocenters. The number of nitrogens with one attached hydrogen (secondary N) is 1. The van der Waals surface area contributed by atoms with E-state index in [1.54, 1.807) is 24.4 Å². The summed E-state index contributed by atoms with van der Waals surface area (Å²) in [6.45, 7) is 5.26. The molecular weight excluding hydrogens is 326 g/mol. The molecule has 25 heavy (non-hydrogen) atoms. The lowest BCUT2D eigenvalue weighted by atomic mass is 10.1. The Balaban J connectivity index is 3.02. The summed E-state index contributed by atoms with van der Waals surface area (Å²) in [4.78, 5) is 15.5. The van der Waals surface area contributed by atoms with Crippen LogP contribution >= 0.6 is 0 Å². The molecule has 0 atom stereocenters. The van der Waals surface area contributed by atoms with Crippen LogP contribution in [0, 0.1) is 11.6 Å². The van der Waals surface area contributed by atoms with Crippen LogP contribution in [0.3, 0.4) is 0 Å². The lowest BCUT2D eigenvalue weighted by Gasteiger charge is -2.11. The third-order valence-electron chi connectivity index (χ3n) is 3.40. The van der Waals surface area contributed by atoms with Crippen LogP contribution in [0.5, 0.6) is 0 Å². The van der Waals surface area contributed by atoms with Gasteiger partial charge in [-0.25, -0.2) is 13.6 Å². The van der Waals surface area contributed by atoms with Crippen molar-refractivity contribution in [2.24, 2.45) is 4.99 Å². The van der Waals surface area contributed by atoms with Crippen molar-refractivity contribution in [3.63, 3.8) is 0 Å². The summed E-state index contributed by atoms with van der Waals surface area (Å²) < 4.78 is 26.7. The van der Waals surface area contributed by atoms with E-state index in [1.165, 1.54) is 13.0 Å². The van der Waals surface area contributed by atoms with Crippen molar-refractivity contribution in [1.82, 2.24) is 5.32 Å². The Kier molecular flexibility index (Phi) is 8.26. The number of rotatable bonds is 8. The summed E-state index contributed by atoms with van der Waals surface area (Å²) in [5.41, 5.74) is 1.42. The zero-order valence-electron chi connectivity index (χ0n) is 14.5. The number of aliphatic carboxylic acids is 1. The van der Waals surface area contributed by atoms with Crippen LogP contribution in [-0.2, 0) is 11.3 Å². The van der Waals surface area contributed by atoms with Gasteiger partial charge in [0.2, 0.25) is 0 Å². The van der Waals surface area contributed by atoms with E-state index in [1.807, 2.05) is 13.8 Å². The minimum Gasteiger partial charge on any atom is -0.478 e. The predicted octanol–water partition coefficient (Wildman–Crippen LogP) is 4.35. The minimum atomic E-state index is -1.09. The predicted molar refractivity (Wildman–Crippen MR) is 95.2 cm³/mol. The Bertz CT molecular complexity index is 735. The molecule has 0 saturated heterocycles. The standard InChI is InChI=1S/C19H22F2N2O2/c1-4-10-22-16(5-2)8-9-18(13(3)19(24)25)23-12-14-6-7-15(20)11-17(14)21/h4,6-11,23H,5,12H2,1-3H3,(H,24,25)/b9-8-,10-4-,18-13-,22-16-. The molecule has 0 fully saturated rings. The van der Waals surface area contributed by atoms with Gasteiger partial charge in [-0.2, -0.15) is 0 Å². The number of allylic oxidation sites excluding steroid dienone is 3. The molecule has 134 valence electrons. The molecule has 1 rings (SSSR count). The highest BCUT2D eigenvalue weighted by Gasteiger charge is 2.09. The maximum atomic E-state index is 13.7. The normalized spacial score (nSPS) is 13.4. The second-order valence-corrected chi connectivity index (χ2v) is 5.22. The molecule has 0 radical (unpaired) electrons. The quantitative estimate of drug-likeness (QED) is 0.417. The summed E-state index contributed by atoms with van der Waals surface area (Å²) >= 11 is 0. The van der Waals surface area contributed by atoms with Gasteiger partial charge in [0.05, 0.1) is 5.57 Å². The first-order chi connectivity index (χ1) is 11.9. The van der Waals surface area contributed by atoms with E-state index in [-0.39, 0.29) is 17.7 Å². The van der Waals surface area contributed by atoms with Crippen LogP contribution in [0.4, 0.5) is 8.78 Å². The molecule has 1 aromatic rings. The Labute approximate surface area is 146 Å². The van der Waals surface area contributed by atoms with Gasteiger partial charge in [0.25, 0.3) is 0 Å². The number of carboxylic acid groups (broad SMARTS) is 1. The molecule has 0 aliphatic rings. The fraction of sp³-hybridized carbons (Fsp3) is 0.263. The first kappa shape index (κ1) is 20.3. The average molecular weight is 348 g/mol. The summed E-state index contributed by atoms with van der Waals surface area (Å²) in [6, 6.07) is 3.27. The van der Waals surface area contributed by atoms with Crippen LogP contribution < -0.4 is 5.32 Å². The van der Waals surface area contributed by atoms with Crippen molar-refractivity contribution in [1.29, 1.82) is 0 Å². The van der Waals surface area contributed by atoms with Crippen molar-refractivity contribution in [2.45, 2.75) is 33.7 Å². The molecule has 0 amide bonds. The third-order valence-corrected chi connectivity index (χ3v) is 3.40. The van der Waals surface area contributed by atoms with Crippen molar-refractivity contribution >= 4 is 11.7 Å². The first-order valence-corrected chi connectivity index (χ1v) is 7.86. The maximum absolute atomic E-state index is 13.7. The van der Waals surface area contributed by atoms with Gasteiger partial charge < -0.3 is 10.4 Å². The molecule has 0 bridgehead atoms. The molecule has 0 aromatic heterocycles. The highest BCUT2D eigenvalue weighted by atomic mass is 19.1. The Morgan fingerprint density at radius 1 is 1.32 bits per heavy atom. The van der Waals surface area contributed by atoms with Crippen LogP contribution in [0.1, 0.15) is 32.8 Å². The maximum Gasteiger partial charge on any atom is 0.333 e. The molecule has 2 N–H and O–H groups in total. The lowest BCUT2D eigenvalue weighted by Crippen LogP contribution is -2.17. The SMILES string of the molecule is C\C=C/N=C(\C=C/C(NCc1ccc(F)cc1F)=C(\C)C(=O)O)CC. The number of halogens is 2. The van der Waals surface area contributed by atoms with Crippen LogP contribution in [-0.4, -0.2) is 16.8 Å². The fourth-order valence-corrected chi connectivity index (χ4v) is 1.89. The highest BCUT2D eigenvalue weighted by molar-refractivity contribution is 5.96. The second-order valence-electron chi connectivity index (χ2n) is 5.22. The number of carboxylic acids is 1. The summed E-state index contributed by atoms with van der Waals surface area (Å²) in [6.07, 6.45) is 7.41. The molecule has 0 heterocycles. The second kappa shape index (κ2) is 10.2. The Morgan fingerprint density at radius 3 is 2.60 bits per heavy atom. The molecule has 4 nitrogen and oxygen atoms in total. The Hall–Kier alpha value is -2.76. The number of carbonyl (C=O) groups is 1. The Morgan fingerprint density at radius 2 is 2.04 bits per heavy atom. The molecule has 6 heteroatoms. The lowest BCUT2D eigenvalue weighted by molar-refractivity contribution is -0.132. The van der Waals surface area contributed by atoms with E-state index in [0.717, 1.165) is 17.8 Å². The molecule has 1 aromatic carbocycles. The third kappa shape index (κ3) is 6.71. The van der Waals surface area contributed by atoms with Gasteiger partial charge in [0.1, 0.15) is 11.6 Å². The number of aliphatic imine (C=N–C) groups is 1. The summed E-state index contributed by atoms with van der Waals surface area (Å²) in [7, 11) is 0. The van der Waals surface area contributed by atoms with E-state index in [9.17, 15) is 18.7 Å². The van der Waals surface area contributed by atoms with Crippen LogP contribution in [0.25, 0.3) is 0 Å². The molecule has 0 spiro atoms. The highest BCUT2D eigenvalue weighted by Crippen LogP contribution is 2.11. The van der Waals surface area contributed by atoms with Gasteiger partial charge in [-0.05, 0) is 38.5 Å². The van der Waals surface area contributed by atoms with Crippen molar-refractivity contribution < 1.29 is 18.7 Å². The number of hydrogen-bond acceptors (Lipinski definition) is 3. The first-order valence-electron chi connectivity index (χ1n) is 7.86. The molecule has 0 aliphatic carbocycles. The van der Waals surface area contributed by atoms with E-state index in [2.05, 4.69) is 10.3 Å². The van der Waals surface area contributed by atoms with Gasteiger partial charge in [0.15, 0.2) is 0 Å². The minimum absolute atomic E-state index is 0.0316. The smallest absolute Gasteiger partial charge is 0.333 e. The van der Waals surface area contributed by atoms with Crippen molar-refractivity contribution in [2.75, 3.05) is 0 Å².